The molecule has 0 amide bonds. The molecule has 1 N–H and O–H groups in total. The third-order valence-electron chi connectivity index (χ3n) is 4.53. The van der Waals surface area contributed by atoms with Gasteiger partial charge in [-0.2, -0.15) is 11.3 Å². The predicted octanol–water partition coefficient (Wildman–Crippen LogP) is 4.39. The first kappa shape index (κ1) is 13.8. The molecule has 1 heterocycles. The summed E-state index contributed by atoms with van der Waals surface area (Å²) in [6, 6.07) is 11.9. The van der Waals surface area contributed by atoms with Crippen molar-refractivity contribution in [3.63, 3.8) is 0 Å². The zero-order valence-electron chi connectivity index (χ0n) is 12.1. The first-order valence-electron chi connectivity index (χ1n) is 7.63. The summed E-state index contributed by atoms with van der Waals surface area (Å²) in [6.45, 7) is 0. The van der Waals surface area contributed by atoms with Crippen LogP contribution in [0.25, 0.3) is 0 Å². The van der Waals surface area contributed by atoms with Crippen LogP contribution in [-0.4, -0.2) is 13.1 Å². The zero-order valence-corrected chi connectivity index (χ0v) is 13.0. The molecule has 1 aromatic carbocycles. The topological polar surface area (TPSA) is 12.0 Å². The first-order valence-corrected chi connectivity index (χ1v) is 8.57. The minimum atomic E-state index is 0.584. The molecule has 106 valence electrons. The molecule has 2 atom stereocenters. The molecule has 1 aliphatic carbocycles. The van der Waals surface area contributed by atoms with Crippen LogP contribution in [0.1, 0.15) is 41.9 Å². The molecule has 1 aliphatic rings. The van der Waals surface area contributed by atoms with Crippen LogP contribution in [0.15, 0.2) is 41.1 Å². The Kier molecular flexibility index (Phi) is 4.54. The maximum Gasteiger partial charge on any atom is 0.0111 e. The van der Waals surface area contributed by atoms with Crippen LogP contribution >= 0.6 is 11.3 Å². The van der Waals surface area contributed by atoms with E-state index in [1.807, 2.05) is 0 Å². The summed E-state index contributed by atoms with van der Waals surface area (Å²) in [6.07, 6.45) is 6.36. The summed E-state index contributed by atoms with van der Waals surface area (Å²) < 4.78 is 0. The lowest BCUT2D eigenvalue weighted by molar-refractivity contribution is 0.428. The van der Waals surface area contributed by atoms with E-state index in [4.69, 9.17) is 0 Å². The Morgan fingerprint density at radius 3 is 3.00 bits per heavy atom. The van der Waals surface area contributed by atoms with Crippen LogP contribution in [0.5, 0.6) is 0 Å². The van der Waals surface area contributed by atoms with E-state index in [1.165, 1.54) is 31.2 Å². The van der Waals surface area contributed by atoms with E-state index in [0.717, 1.165) is 12.3 Å². The van der Waals surface area contributed by atoms with Crippen LogP contribution in [0.4, 0.5) is 0 Å². The summed E-state index contributed by atoms with van der Waals surface area (Å²) >= 11 is 1.80. The maximum absolute atomic E-state index is 3.52. The molecule has 20 heavy (non-hydrogen) atoms. The number of nitrogens with one attached hydrogen (secondary N) is 1. The zero-order chi connectivity index (χ0) is 13.8. The average Bonchev–Trinajstić information content (AvgIpc) is 3.00. The molecule has 0 saturated carbocycles. The Morgan fingerprint density at radius 2 is 2.20 bits per heavy atom. The fourth-order valence-corrected chi connectivity index (χ4v) is 4.12. The number of fused-ring (bicyclic) bond motifs is 1. The quantitative estimate of drug-likeness (QED) is 0.859. The Morgan fingerprint density at radius 1 is 1.30 bits per heavy atom. The van der Waals surface area contributed by atoms with Gasteiger partial charge in [0.25, 0.3) is 0 Å². The maximum atomic E-state index is 3.52. The van der Waals surface area contributed by atoms with Crippen LogP contribution < -0.4 is 5.32 Å². The monoisotopic (exact) mass is 285 g/mol. The minimum absolute atomic E-state index is 0.584. The average molecular weight is 285 g/mol. The van der Waals surface area contributed by atoms with Gasteiger partial charge in [0.2, 0.25) is 0 Å². The first-order chi connectivity index (χ1) is 9.86. The van der Waals surface area contributed by atoms with Crippen molar-refractivity contribution in [3.05, 3.63) is 57.8 Å². The highest BCUT2D eigenvalue weighted by molar-refractivity contribution is 7.07. The molecule has 2 heteroatoms. The van der Waals surface area contributed by atoms with Crippen LogP contribution in [0.2, 0.25) is 0 Å². The third kappa shape index (κ3) is 3.13. The molecule has 0 spiro atoms. The van der Waals surface area contributed by atoms with Gasteiger partial charge in [0.05, 0.1) is 0 Å². The summed E-state index contributed by atoms with van der Waals surface area (Å²) in [5.74, 6) is 0.732. The van der Waals surface area contributed by atoms with E-state index in [9.17, 15) is 0 Å². The Labute approximate surface area is 126 Å². The van der Waals surface area contributed by atoms with E-state index in [-0.39, 0.29) is 0 Å². The van der Waals surface area contributed by atoms with Gasteiger partial charge in [0.1, 0.15) is 0 Å². The Bertz CT molecular complexity index is 532. The number of likely N-dealkylation sites (N-methyl/N-ethyl adjacent to an activating group) is 1. The summed E-state index contributed by atoms with van der Waals surface area (Å²) in [7, 11) is 2.10. The van der Waals surface area contributed by atoms with Gasteiger partial charge in [0, 0.05) is 6.04 Å². The molecule has 0 saturated heterocycles. The van der Waals surface area contributed by atoms with Crippen molar-refractivity contribution in [1.29, 1.82) is 0 Å². The SMILES string of the molecule is CNC(Cc1ccsc1)CC1CCCc2ccccc21. The van der Waals surface area contributed by atoms with Crippen LogP contribution in [-0.2, 0) is 12.8 Å². The van der Waals surface area contributed by atoms with Gasteiger partial charge >= 0.3 is 0 Å². The third-order valence-corrected chi connectivity index (χ3v) is 5.27. The van der Waals surface area contributed by atoms with E-state index < -0.39 is 0 Å². The standard InChI is InChI=1S/C18H23NS/c1-19-17(11-14-9-10-20-13-14)12-16-7-4-6-15-5-2-3-8-18(15)16/h2-3,5,8-10,13,16-17,19H,4,6-7,11-12H2,1H3. The van der Waals surface area contributed by atoms with Crippen molar-refractivity contribution in [2.45, 2.75) is 44.1 Å². The number of aryl methyl sites for hydroxylation is 1. The lowest BCUT2D eigenvalue weighted by atomic mass is 9.79. The molecule has 1 aromatic heterocycles. The van der Waals surface area contributed by atoms with Gasteiger partial charge in [-0.25, -0.2) is 0 Å². The Hall–Kier alpha value is -1.12. The van der Waals surface area contributed by atoms with Gasteiger partial charge in [-0.05, 0) is 78.6 Å². The van der Waals surface area contributed by atoms with Crippen molar-refractivity contribution in [3.8, 4) is 0 Å². The minimum Gasteiger partial charge on any atom is -0.317 e. The predicted molar refractivity (Wildman–Crippen MR) is 87.6 cm³/mol. The highest BCUT2D eigenvalue weighted by Crippen LogP contribution is 2.35. The van der Waals surface area contributed by atoms with E-state index in [0.29, 0.717) is 6.04 Å². The van der Waals surface area contributed by atoms with Crippen LogP contribution in [0.3, 0.4) is 0 Å². The largest absolute Gasteiger partial charge is 0.317 e. The van der Waals surface area contributed by atoms with Gasteiger partial charge < -0.3 is 5.32 Å². The van der Waals surface area contributed by atoms with E-state index in [1.54, 1.807) is 22.5 Å². The normalized spacial score (nSPS) is 19.6. The highest BCUT2D eigenvalue weighted by atomic mass is 32.1. The fourth-order valence-electron chi connectivity index (χ4n) is 3.44. The van der Waals surface area contributed by atoms with Crippen molar-refractivity contribution in [2.24, 2.45) is 0 Å². The van der Waals surface area contributed by atoms with Gasteiger partial charge in [-0.1, -0.05) is 24.3 Å². The molecular weight excluding hydrogens is 262 g/mol. The highest BCUT2D eigenvalue weighted by Gasteiger charge is 2.22. The molecule has 2 unspecified atom stereocenters. The Balaban J connectivity index is 1.70. The number of hydrogen-bond acceptors (Lipinski definition) is 2. The molecule has 0 radical (unpaired) electrons. The summed E-state index contributed by atoms with van der Waals surface area (Å²) in [5.41, 5.74) is 4.65. The van der Waals surface area contributed by atoms with E-state index >= 15 is 0 Å². The molecule has 0 fully saturated rings. The molecule has 0 aliphatic heterocycles. The molecule has 0 bridgehead atoms. The molecule has 2 aromatic rings. The number of rotatable bonds is 5. The van der Waals surface area contributed by atoms with E-state index in [2.05, 4.69) is 53.5 Å². The smallest absolute Gasteiger partial charge is 0.0111 e. The lowest BCUT2D eigenvalue weighted by Gasteiger charge is -2.29. The summed E-state index contributed by atoms with van der Waals surface area (Å²) in [4.78, 5) is 0. The van der Waals surface area contributed by atoms with Crippen molar-refractivity contribution in [2.75, 3.05) is 7.05 Å². The van der Waals surface area contributed by atoms with Gasteiger partial charge in [-0.15, -0.1) is 0 Å². The lowest BCUT2D eigenvalue weighted by Crippen LogP contribution is -2.30. The number of hydrogen-bond donors (Lipinski definition) is 1. The summed E-state index contributed by atoms with van der Waals surface area (Å²) in [5, 5.41) is 7.98. The molecule has 3 rings (SSSR count). The number of benzene rings is 1. The van der Waals surface area contributed by atoms with Gasteiger partial charge in [-0.3, -0.25) is 0 Å². The second kappa shape index (κ2) is 6.55. The second-order valence-corrected chi connectivity index (χ2v) is 6.63. The van der Waals surface area contributed by atoms with Crippen molar-refractivity contribution >= 4 is 11.3 Å². The second-order valence-electron chi connectivity index (χ2n) is 5.84. The molecular formula is C18H23NS. The van der Waals surface area contributed by atoms with Crippen molar-refractivity contribution in [1.82, 2.24) is 5.32 Å². The number of thiophene rings is 1. The van der Waals surface area contributed by atoms with Crippen molar-refractivity contribution < 1.29 is 0 Å². The van der Waals surface area contributed by atoms with Crippen LogP contribution in [0, 0.1) is 0 Å². The fraction of sp³-hybridized carbons (Fsp3) is 0.444. The molecule has 1 nitrogen and oxygen atoms in total. The van der Waals surface area contributed by atoms with Gasteiger partial charge in [0.15, 0.2) is 0 Å².